The number of nitrogens with one attached hydrogen (secondary N) is 3. The van der Waals surface area contributed by atoms with Crippen molar-refractivity contribution in [2.45, 2.75) is 30.7 Å². The van der Waals surface area contributed by atoms with Crippen molar-refractivity contribution in [1.82, 2.24) is 20.2 Å². The second-order valence-corrected chi connectivity index (χ2v) is 9.44. The summed E-state index contributed by atoms with van der Waals surface area (Å²) in [6, 6.07) is 9.78. The van der Waals surface area contributed by atoms with Gasteiger partial charge in [-0.25, -0.2) is 18.2 Å². The van der Waals surface area contributed by atoms with Crippen LogP contribution in [0.25, 0.3) is 22.0 Å². The second kappa shape index (κ2) is 7.19. The number of nitrogens with zero attached hydrogens (tertiary/aromatic N) is 1. The van der Waals surface area contributed by atoms with Crippen molar-refractivity contribution in [1.29, 1.82) is 0 Å². The molecular formula is C21H22N4O4S. The van der Waals surface area contributed by atoms with Crippen molar-refractivity contribution < 1.29 is 13.2 Å². The molecule has 0 spiro atoms. The number of aromatic nitrogens is 2. The first-order valence-corrected chi connectivity index (χ1v) is 11.5. The molecule has 1 aromatic heterocycles. The molecule has 156 valence electrons. The summed E-state index contributed by atoms with van der Waals surface area (Å²) in [4.78, 5) is 12.3. The van der Waals surface area contributed by atoms with Crippen LogP contribution in [-0.4, -0.2) is 37.7 Å². The van der Waals surface area contributed by atoms with Gasteiger partial charge in [-0.15, -0.1) is 0 Å². The van der Waals surface area contributed by atoms with Crippen molar-refractivity contribution in [2.24, 2.45) is 5.92 Å². The lowest BCUT2D eigenvalue weighted by Gasteiger charge is -2.32. The van der Waals surface area contributed by atoms with Gasteiger partial charge in [-0.1, -0.05) is 19.4 Å². The fourth-order valence-corrected chi connectivity index (χ4v) is 5.67. The Hall–Kier alpha value is -2.75. The molecule has 2 aromatic carbocycles. The molecule has 0 amide bonds. The second-order valence-electron chi connectivity index (χ2n) is 7.73. The Bertz CT molecular complexity index is 1300. The van der Waals surface area contributed by atoms with Crippen molar-refractivity contribution in [3.05, 3.63) is 46.8 Å². The number of hydrogen-bond acceptors (Lipinski definition) is 6. The van der Waals surface area contributed by atoms with Gasteiger partial charge in [0.15, 0.2) is 0 Å². The number of benzene rings is 2. The normalized spacial score (nSPS) is 20.6. The molecule has 0 radical (unpaired) electrons. The van der Waals surface area contributed by atoms with Crippen LogP contribution in [-0.2, 0) is 10.0 Å². The number of sulfonamides is 1. The standard InChI is InChI=1S/C21H22N4O4S/c1-2-12-8-9-22-11-16(12)25-30(27,28)13-6-7-17-15(10-13)20-19-14(21(26)24-23-20)4-3-5-18(19)29-17/h3-7,10,12,16,22,25H,2,8-9,11H2,1H3,(H,24,26). The molecule has 0 saturated carbocycles. The topological polar surface area (TPSA) is 113 Å². The van der Waals surface area contributed by atoms with Crippen LogP contribution in [0.4, 0.5) is 0 Å². The molecule has 3 heterocycles. The molecular weight excluding hydrogens is 404 g/mol. The van der Waals surface area contributed by atoms with Gasteiger partial charge in [0.1, 0.15) is 17.2 Å². The molecule has 3 aromatic rings. The highest BCUT2D eigenvalue weighted by Crippen LogP contribution is 2.44. The third-order valence-electron chi connectivity index (χ3n) is 5.97. The molecule has 2 aliphatic rings. The number of hydrogen-bond donors (Lipinski definition) is 3. The van der Waals surface area contributed by atoms with Crippen LogP contribution in [0.5, 0.6) is 11.5 Å². The Morgan fingerprint density at radius 1 is 1.23 bits per heavy atom. The summed E-state index contributed by atoms with van der Waals surface area (Å²) in [7, 11) is -3.74. The van der Waals surface area contributed by atoms with Gasteiger partial charge in [0.25, 0.3) is 5.56 Å². The molecule has 3 N–H and O–H groups in total. The minimum absolute atomic E-state index is 0.144. The lowest BCUT2D eigenvalue weighted by Crippen LogP contribution is -2.50. The first kappa shape index (κ1) is 19.2. The van der Waals surface area contributed by atoms with E-state index in [2.05, 4.69) is 27.2 Å². The lowest BCUT2D eigenvalue weighted by molar-refractivity contribution is 0.298. The van der Waals surface area contributed by atoms with Crippen LogP contribution in [0.3, 0.4) is 0 Å². The lowest BCUT2D eigenvalue weighted by atomic mass is 9.91. The van der Waals surface area contributed by atoms with Crippen LogP contribution in [0.15, 0.2) is 46.1 Å². The Kier molecular flexibility index (Phi) is 4.61. The Balaban J connectivity index is 1.57. The summed E-state index contributed by atoms with van der Waals surface area (Å²) in [5.41, 5.74) is 0.722. The van der Waals surface area contributed by atoms with Crippen LogP contribution in [0.2, 0.25) is 0 Å². The van der Waals surface area contributed by atoms with Crippen molar-refractivity contribution in [3.8, 4) is 22.8 Å². The first-order valence-electron chi connectivity index (χ1n) is 10.0. The van der Waals surface area contributed by atoms with Gasteiger partial charge in [0, 0.05) is 18.2 Å². The Morgan fingerprint density at radius 3 is 2.93 bits per heavy atom. The van der Waals surface area contributed by atoms with Crippen molar-refractivity contribution in [3.63, 3.8) is 0 Å². The number of rotatable bonds is 4. The van der Waals surface area contributed by atoms with E-state index in [1.165, 1.54) is 6.07 Å². The van der Waals surface area contributed by atoms with Gasteiger partial charge in [-0.2, -0.15) is 5.10 Å². The number of aromatic amines is 1. The number of piperidine rings is 1. The summed E-state index contributed by atoms with van der Waals surface area (Å²) < 4.78 is 35.1. The molecule has 9 heteroatoms. The van der Waals surface area contributed by atoms with E-state index in [1.807, 2.05) is 0 Å². The van der Waals surface area contributed by atoms with E-state index in [9.17, 15) is 13.2 Å². The third-order valence-corrected chi connectivity index (χ3v) is 7.46. The van der Waals surface area contributed by atoms with Gasteiger partial charge in [-0.05, 0) is 49.2 Å². The zero-order valence-corrected chi connectivity index (χ0v) is 17.3. The highest BCUT2D eigenvalue weighted by molar-refractivity contribution is 7.89. The van der Waals surface area contributed by atoms with E-state index in [1.54, 1.807) is 30.3 Å². The number of H-pyrrole nitrogens is 1. The minimum Gasteiger partial charge on any atom is -0.456 e. The van der Waals surface area contributed by atoms with E-state index >= 15 is 0 Å². The minimum atomic E-state index is -3.74. The maximum absolute atomic E-state index is 13.1. The fourth-order valence-electron chi connectivity index (χ4n) is 4.34. The van der Waals surface area contributed by atoms with Crippen LogP contribution in [0, 0.1) is 5.92 Å². The fraction of sp³-hybridized carbons (Fsp3) is 0.333. The third kappa shape index (κ3) is 3.10. The van der Waals surface area contributed by atoms with E-state index in [-0.39, 0.29) is 16.5 Å². The van der Waals surface area contributed by atoms with Crippen molar-refractivity contribution in [2.75, 3.05) is 13.1 Å². The average Bonchev–Trinajstić information content (AvgIpc) is 2.75. The Morgan fingerprint density at radius 2 is 2.10 bits per heavy atom. The predicted octanol–water partition coefficient (Wildman–Crippen LogP) is 2.36. The molecule has 0 bridgehead atoms. The van der Waals surface area contributed by atoms with E-state index in [4.69, 9.17) is 4.74 Å². The molecule has 1 fully saturated rings. The molecule has 0 aliphatic carbocycles. The molecule has 2 unspecified atom stereocenters. The number of ether oxygens (including phenoxy) is 1. The quantitative estimate of drug-likeness (QED) is 0.462. The predicted molar refractivity (Wildman–Crippen MR) is 113 cm³/mol. The van der Waals surface area contributed by atoms with Gasteiger partial charge in [0.2, 0.25) is 10.0 Å². The number of fused-ring (bicyclic) bond motifs is 2. The van der Waals surface area contributed by atoms with Crippen molar-refractivity contribution >= 4 is 20.8 Å². The van der Waals surface area contributed by atoms with Gasteiger partial charge in [-0.3, -0.25) is 4.79 Å². The SMILES string of the molecule is CCC1CCNCC1NS(=O)(=O)c1ccc2c(c1)-c1n[nH]c(=O)c3cccc(c13)O2. The summed E-state index contributed by atoms with van der Waals surface area (Å²) in [6.07, 6.45) is 1.86. The molecule has 1 saturated heterocycles. The summed E-state index contributed by atoms with van der Waals surface area (Å²) >= 11 is 0. The molecule has 8 nitrogen and oxygen atoms in total. The zero-order chi connectivity index (χ0) is 20.9. The average molecular weight is 426 g/mol. The van der Waals surface area contributed by atoms with Crippen LogP contribution < -0.4 is 20.3 Å². The monoisotopic (exact) mass is 426 g/mol. The largest absolute Gasteiger partial charge is 0.456 e. The van der Waals surface area contributed by atoms with E-state index in [0.29, 0.717) is 46.0 Å². The Labute approximate surface area is 173 Å². The summed E-state index contributed by atoms with van der Waals surface area (Å²) in [6.45, 7) is 3.60. The summed E-state index contributed by atoms with van der Waals surface area (Å²) in [5, 5.41) is 11.0. The van der Waals surface area contributed by atoms with Gasteiger partial charge < -0.3 is 10.1 Å². The highest BCUT2D eigenvalue weighted by Gasteiger charge is 2.30. The van der Waals surface area contributed by atoms with Crippen LogP contribution >= 0.6 is 0 Å². The maximum Gasteiger partial charge on any atom is 0.272 e. The molecule has 5 rings (SSSR count). The van der Waals surface area contributed by atoms with Gasteiger partial charge >= 0.3 is 0 Å². The maximum atomic E-state index is 13.1. The summed E-state index contributed by atoms with van der Waals surface area (Å²) in [5.74, 6) is 1.33. The molecule has 30 heavy (non-hydrogen) atoms. The first-order chi connectivity index (χ1) is 14.5. The smallest absolute Gasteiger partial charge is 0.272 e. The zero-order valence-electron chi connectivity index (χ0n) is 16.4. The van der Waals surface area contributed by atoms with E-state index in [0.717, 1.165) is 19.4 Å². The van der Waals surface area contributed by atoms with Gasteiger partial charge in [0.05, 0.1) is 15.7 Å². The highest BCUT2D eigenvalue weighted by atomic mass is 32.2. The molecule has 2 aliphatic heterocycles. The van der Waals surface area contributed by atoms with Crippen LogP contribution in [0.1, 0.15) is 19.8 Å². The molecule has 2 atom stereocenters. The van der Waals surface area contributed by atoms with E-state index < -0.39 is 10.0 Å².